The minimum absolute atomic E-state index is 0.00330. The van der Waals surface area contributed by atoms with Gasteiger partial charge in [0.2, 0.25) is 0 Å². The minimum Gasteiger partial charge on any atom is -0.481 e. The van der Waals surface area contributed by atoms with Crippen molar-refractivity contribution in [2.45, 2.75) is 30.4 Å². The van der Waals surface area contributed by atoms with Gasteiger partial charge in [0.1, 0.15) is 0 Å². The number of carbonyl (C=O) groups is 1. The van der Waals surface area contributed by atoms with Crippen LogP contribution >= 0.6 is 11.8 Å². The Balaban J connectivity index is 2.71. The van der Waals surface area contributed by atoms with Gasteiger partial charge in [0, 0.05) is 10.1 Å². The van der Waals surface area contributed by atoms with Crippen molar-refractivity contribution in [3.8, 4) is 0 Å². The smallest absolute Gasteiger partial charge is 0.307 e. The van der Waals surface area contributed by atoms with Gasteiger partial charge in [-0.05, 0) is 23.3 Å². The van der Waals surface area contributed by atoms with E-state index in [4.69, 9.17) is 5.11 Å². The number of benzene rings is 1. The maximum atomic E-state index is 10.5. The van der Waals surface area contributed by atoms with E-state index in [9.17, 15) is 4.79 Å². The van der Waals surface area contributed by atoms with Crippen LogP contribution < -0.4 is 0 Å². The zero-order valence-electron chi connectivity index (χ0n) is 9.56. The SMILES string of the molecule is C=C(CC(=O)O)c1ccc(SC(C)C)cc1. The van der Waals surface area contributed by atoms with E-state index in [-0.39, 0.29) is 6.42 Å². The Morgan fingerprint density at radius 3 is 2.38 bits per heavy atom. The van der Waals surface area contributed by atoms with E-state index < -0.39 is 5.97 Å². The summed E-state index contributed by atoms with van der Waals surface area (Å²) < 4.78 is 0. The number of hydrogen-bond acceptors (Lipinski definition) is 2. The fourth-order valence-corrected chi connectivity index (χ4v) is 2.16. The Kier molecular flexibility index (Phi) is 4.62. The van der Waals surface area contributed by atoms with Crippen LogP contribution in [-0.2, 0) is 4.79 Å². The predicted molar refractivity (Wildman–Crippen MR) is 68.7 cm³/mol. The van der Waals surface area contributed by atoms with Crippen LogP contribution in [-0.4, -0.2) is 16.3 Å². The molecular formula is C13H16O2S. The van der Waals surface area contributed by atoms with Crippen LogP contribution in [0.4, 0.5) is 0 Å². The minimum atomic E-state index is -0.842. The third-order valence-corrected chi connectivity index (χ3v) is 3.01. The number of rotatable bonds is 5. The van der Waals surface area contributed by atoms with Gasteiger partial charge < -0.3 is 5.11 Å². The number of carboxylic acids is 1. The molecule has 0 aliphatic carbocycles. The number of carboxylic acid groups (broad SMARTS) is 1. The second-order valence-corrected chi connectivity index (χ2v) is 5.51. The first-order valence-corrected chi connectivity index (χ1v) is 6.03. The maximum absolute atomic E-state index is 10.5. The van der Waals surface area contributed by atoms with Gasteiger partial charge in [0.15, 0.2) is 0 Å². The summed E-state index contributed by atoms with van der Waals surface area (Å²) in [5.74, 6) is -0.842. The summed E-state index contributed by atoms with van der Waals surface area (Å²) in [4.78, 5) is 11.7. The second kappa shape index (κ2) is 5.75. The van der Waals surface area contributed by atoms with Crippen LogP contribution in [0.2, 0.25) is 0 Å². The highest BCUT2D eigenvalue weighted by molar-refractivity contribution is 7.99. The first kappa shape index (κ1) is 12.8. The van der Waals surface area contributed by atoms with Gasteiger partial charge in [-0.2, -0.15) is 0 Å². The molecule has 0 atom stereocenters. The molecule has 0 saturated carbocycles. The van der Waals surface area contributed by atoms with Gasteiger partial charge in [0.25, 0.3) is 0 Å². The van der Waals surface area contributed by atoms with Crippen LogP contribution in [0.15, 0.2) is 35.7 Å². The van der Waals surface area contributed by atoms with E-state index in [1.165, 1.54) is 4.90 Å². The van der Waals surface area contributed by atoms with Crippen molar-refractivity contribution in [3.63, 3.8) is 0 Å². The van der Waals surface area contributed by atoms with E-state index in [1.54, 1.807) is 11.8 Å². The highest BCUT2D eigenvalue weighted by atomic mass is 32.2. The van der Waals surface area contributed by atoms with Crippen molar-refractivity contribution in [1.82, 2.24) is 0 Å². The molecule has 0 bridgehead atoms. The Labute approximate surface area is 100 Å². The summed E-state index contributed by atoms with van der Waals surface area (Å²) in [6.07, 6.45) is -0.00330. The van der Waals surface area contributed by atoms with Gasteiger partial charge in [-0.25, -0.2) is 0 Å². The standard InChI is InChI=1S/C13H16O2S/c1-9(2)16-12-6-4-11(5-7-12)10(3)8-13(14)15/h4-7,9H,3,8H2,1-2H3,(H,14,15). The van der Waals surface area contributed by atoms with Crippen molar-refractivity contribution in [2.75, 3.05) is 0 Å². The first-order chi connectivity index (χ1) is 7.49. The Morgan fingerprint density at radius 1 is 1.38 bits per heavy atom. The third-order valence-electron chi connectivity index (χ3n) is 2.00. The van der Waals surface area contributed by atoms with Crippen molar-refractivity contribution >= 4 is 23.3 Å². The fourth-order valence-electron chi connectivity index (χ4n) is 1.33. The predicted octanol–water partition coefficient (Wildman–Crippen LogP) is 3.68. The van der Waals surface area contributed by atoms with Crippen molar-refractivity contribution in [2.24, 2.45) is 0 Å². The molecule has 86 valence electrons. The maximum Gasteiger partial charge on any atom is 0.307 e. The van der Waals surface area contributed by atoms with Gasteiger partial charge in [-0.15, -0.1) is 11.8 Å². The molecule has 2 nitrogen and oxygen atoms in total. The number of thioether (sulfide) groups is 1. The van der Waals surface area contributed by atoms with Crippen molar-refractivity contribution in [3.05, 3.63) is 36.4 Å². The summed E-state index contributed by atoms with van der Waals surface area (Å²) in [6.45, 7) is 8.05. The van der Waals surface area contributed by atoms with Crippen molar-refractivity contribution < 1.29 is 9.90 Å². The Morgan fingerprint density at radius 2 is 1.94 bits per heavy atom. The lowest BCUT2D eigenvalue weighted by molar-refractivity contribution is -0.135. The molecule has 1 N–H and O–H groups in total. The summed E-state index contributed by atoms with van der Waals surface area (Å²) in [5, 5.41) is 9.20. The van der Waals surface area contributed by atoms with Gasteiger partial charge in [0.05, 0.1) is 6.42 Å². The molecule has 1 rings (SSSR count). The molecule has 0 aliphatic rings. The van der Waals surface area contributed by atoms with Gasteiger partial charge in [-0.1, -0.05) is 32.6 Å². The lowest BCUT2D eigenvalue weighted by Gasteiger charge is -2.07. The Bertz CT molecular complexity index is 379. The molecule has 16 heavy (non-hydrogen) atoms. The summed E-state index contributed by atoms with van der Waals surface area (Å²) in [5.41, 5.74) is 1.55. The fraction of sp³-hybridized carbons (Fsp3) is 0.308. The summed E-state index contributed by atoms with van der Waals surface area (Å²) >= 11 is 1.79. The third kappa shape index (κ3) is 4.11. The molecule has 0 heterocycles. The molecule has 0 fully saturated rings. The second-order valence-electron chi connectivity index (χ2n) is 3.87. The Hall–Kier alpha value is -1.22. The quantitative estimate of drug-likeness (QED) is 0.792. The lowest BCUT2D eigenvalue weighted by Crippen LogP contribution is -1.96. The van der Waals surface area contributed by atoms with Crippen LogP contribution in [0, 0.1) is 0 Å². The molecule has 0 unspecified atom stereocenters. The number of aliphatic carboxylic acids is 1. The molecule has 1 aromatic rings. The van der Waals surface area contributed by atoms with Crippen LogP contribution in [0.1, 0.15) is 25.8 Å². The normalized spacial score (nSPS) is 10.4. The topological polar surface area (TPSA) is 37.3 Å². The molecule has 0 aliphatic heterocycles. The number of hydrogen-bond donors (Lipinski definition) is 1. The van der Waals surface area contributed by atoms with Crippen LogP contribution in [0.25, 0.3) is 5.57 Å². The molecule has 3 heteroatoms. The van der Waals surface area contributed by atoms with E-state index >= 15 is 0 Å². The van der Waals surface area contributed by atoms with Gasteiger partial charge >= 0.3 is 5.97 Å². The molecule has 0 radical (unpaired) electrons. The molecule has 0 aromatic heterocycles. The average molecular weight is 236 g/mol. The lowest BCUT2D eigenvalue weighted by atomic mass is 10.1. The molecule has 0 spiro atoms. The zero-order valence-corrected chi connectivity index (χ0v) is 10.4. The molecule has 1 aromatic carbocycles. The van der Waals surface area contributed by atoms with Crippen LogP contribution in [0.3, 0.4) is 0 Å². The summed E-state index contributed by atoms with van der Waals surface area (Å²) in [7, 11) is 0. The average Bonchev–Trinajstić information content (AvgIpc) is 2.16. The monoisotopic (exact) mass is 236 g/mol. The van der Waals surface area contributed by atoms with E-state index in [1.807, 2.05) is 24.3 Å². The largest absolute Gasteiger partial charge is 0.481 e. The van der Waals surface area contributed by atoms with Gasteiger partial charge in [-0.3, -0.25) is 4.79 Å². The van der Waals surface area contributed by atoms with E-state index in [0.717, 1.165) is 5.56 Å². The van der Waals surface area contributed by atoms with Crippen molar-refractivity contribution in [1.29, 1.82) is 0 Å². The molecular weight excluding hydrogens is 220 g/mol. The highest BCUT2D eigenvalue weighted by Gasteiger charge is 2.05. The zero-order chi connectivity index (χ0) is 12.1. The highest BCUT2D eigenvalue weighted by Crippen LogP contribution is 2.25. The molecule has 0 saturated heterocycles. The van der Waals surface area contributed by atoms with E-state index in [2.05, 4.69) is 20.4 Å². The van der Waals surface area contributed by atoms with E-state index in [0.29, 0.717) is 10.8 Å². The molecule has 0 amide bonds. The van der Waals surface area contributed by atoms with Crippen LogP contribution in [0.5, 0.6) is 0 Å². The summed E-state index contributed by atoms with van der Waals surface area (Å²) in [6, 6.07) is 7.87. The first-order valence-electron chi connectivity index (χ1n) is 5.15.